The maximum atomic E-state index is 13.3. The van der Waals surface area contributed by atoms with Crippen LogP contribution >= 0.6 is 0 Å². The molecule has 9 nitrogen and oxygen atoms in total. The van der Waals surface area contributed by atoms with Gasteiger partial charge < -0.3 is 14.5 Å². The van der Waals surface area contributed by atoms with E-state index in [4.69, 9.17) is 9.47 Å². The van der Waals surface area contributed by atoms with E-state index in [1.165, 1.54) is 6.42 Å². The SMILES string of the molecule is CCOc1ccc2[nH]c(=O)c(C(c3nnnn3CC3CCCO3)N3CCCCC3)cc2c1. The minimum Gasteiger partial charge on any atom is -0.494 e. The van der Waals surface area contributed by atoms with E-state index in [2.05, 4.69) is 25.4 Å². The molecule has 0 radical (unpaired) electrons. The summed E-state index contributed by atoms with van der Waals surface area (Å²) in [6.45, 7) is 5.76. The molecule has 2 saturated heterocycles. The Morgan fingerprint density at radius 1 is 1.22 bits per heavy atom. The van der Waals surface area contributed by atoms with E-state index in [-0.39, 0.29) is 17.7 Å². The average Bonchev–Trinajstić information content (AvgIpc) is 3.49. The summed E-state index contributed by atoms with van der Waals surface area (Å²) >= 11 is 0. The minimum atomic E-state index is -0.310. The molecule has 2 aliphatic rings. The number of aromatic nitrogens is 5. The summed E-state index contributed by atoms with van der Waals surface area (Å²) in [6.07, 6.45) is 5.58. The van der Waals surface area contributed by atoms with E-state index < -0.39 is 0 Å². The second-order valence-corrected chi connectivity index (χ2v) is 8.59. The van der Waals surface area contributed by atoms with Crippen molar-refractivity contribution in [1.82, 2.24) is 30.1 Å². The zero-order valence-electron chi connectivity index (χ0n) is 18.5. The highest BCUT2D eigenvalue weighted by atomic mass is 16.5. The van der Waals surface area contributed by atoms with Crippen molar-refractivity contribution in [3.05, 3.63) is 46.0 Å². The van der Waals surface area contributed by atoms with Gasteiger partial charge in [-0.2, -0.15) is 0 Å². The lowest BCUT2D eigenvalue weighted by Crippen LogP contribution is -2.39. The van der Waals surface area contributed by atoms with Crippen molar-refractivity contribution in [2.45, 2.75) is 57.7 Å². The van der Waals surface area contributed by atoms with Crippen LogP contribution in [-0.2, 0) is 11.3 Å². The second-order valence-electron chi connectivity index (χ2n) is 8.59. The Kier molecular flexibility index (Phi) is 6.18. The summed E-state index contributed by atoms with van der Waals surface area (Å²) in [5.41, 5.74) is 1.35. The fraction of sp³-hybridized carbons (Fsp3) is 0.565. The van der Waals surface area contributed by atoms with Gasteiger partial charge in [0.1, 0.15) is 11.8 Å². The van der Waals surface area contributed by atoms with Gasteiger partial charge >= 0.3 is 0 Å². The van der Waals surface area contributed by atoms with Crippen molar-refractivity contribution in [3.8, 4) is 5.75 Å². The Bertz CT molecular complexity index is 1110. The van der Waals surface area contributed by atoms with Crippen molar-refractivity contribution >= 4 is 10.9 Å². The van der Waals surface area contributed by atoms with Crippen molar-refractivity contribution in [3.63, 3.8) is 0 Å². The van der Waals surface area contributed by atoms with Gasteiger partial charge in [-0.1, -0.05) is 6.42 Å². The number of ether oxygens (including phenoxy) is 2. The third-order valence-electron chi connectivity index (χ3n) is 6.41. The molecule has 170 valence electrons. The number of nitrogens with one attached hydrogen (secondary N) is 1. The lowest BCUT2D eigenvalue weighted by Gasteiger charge is -2.33. The number of hydrogen-bond donors (Lipinski definition) is 1. The van der Waals surface area contributed by atoms with Crippen molar-refractivity contribution < 1.29 is 9.47 Å². The molecule has 0 bridgehead atoms. The second kappa shape index (κ2) is 9.38. The van der Waals surface area contributed by atoms with Gasteiger partial charge in [0, 0.05) is 23.1 Å². The monoisotopic (exact) mass is 438 g/mol. The van der Waals surface area contributed by atoms with E-state index >= 15 is 0 Å². The van der Waals surface area contributed by atoms with Crippen LogP contribution in [0.1, 0.15) is 56.5 Å². The van der Waals surface area contributed by atoms with Gasteiger partial charge in [0.05, 0.1) is 19.3 Å². The molecular formula is C23H30N6O3. The van der Waals surface area contributed by atoms with Gasteiger partial charge in [-0.05, 0) is 80.4 Å². The summed E-state index contributed by atoms with van der Waals surface area (Å²) < 4.78 is 13.3. The quantitative estimate of drug-likeness (QED) is 0.606. The first kappa shape index (κ1) is 21.1. The summed E-state index contributed by atoms with van der Waals surface area (Å²) in [4.78, 5) is 18.7. The molecule has 3 aromatic rings. The fourth-order valence-corrected chi connectivity index (χ4v) is 4.86. The normalized spacial score (nSPS) is 20.6. The number of nitrogens with zero attached hydrogens (tertiary/aromatic N) is 5. The summed E-state index contributed by atoms with van der Waals surface area (Å²) in [5, 5.41) is 13.6. The van der Waals surface area contributed by atoms with E-state index in [1.54, 1.807) is 0 Å². The molecule has 2 fully saturated rings. The van der Waals surface area contributed by atoms with Gasteiger partial charge in [-0.3, -0.25) is 9.69 Å². The number of aromatic amines is 1. The van der Waals surface area contributed by atoms with Crippen LogP contribution in [0.4, 0.5) is 0 Å². The molecule has 2 unspecified atom stereocenters. The summed E-state index contributed by atoms with van der Waals surface area (Å²) in [5.74, 6) is 1.49. The number of hydrogen-bond acceptors (Lipinski definition) is 7. The standard InChI is InChI=1S/C23H30N6O3/c1-2-31-17-8-9-20-16(13-17)14-19(23(30)24-20)21(28-10-4-3-5-11-28)22-25-26-27-29(22)15-18-7-6-12-32-18/h8-9,13-14,18,21H,2-7,10-12,15H2,1H3,(H,24,30). The molecule has 1 aromatic carbocycles. The summed E-state index contributed by atoms with van der Waals surface area (Å²) in [6, 6.07) is 7.41. The van der Waals surface area contributed by atoms with Crippen molar-refractivity contribution in [2.24, 2.45) is 0 Å². The zero-order valence-corrected chi connectivity index (χ0v) is 18.5. The largest absolute Gasteiger partial charge is 0.494 e. The predicted octanol–water partition coefficient (Wildman–Crippen LogP) is 2.67. The van der Waals surface area contributed by atoms with Crippen LogP contribution in [0.3, 0.4) is 0 Å². The van der Waals surface area contributed by atoms with Gasteiger partial charge in [0.2, 0.25) is 0 Å². The molecule has 2 aromatic heterocycles. The third-order valence-corrected chi connectivity index (χ3v) is 6.41. The molecule has 0 aliphatic carbocycles. The lowest BCUT2D eigenvalue weighted by molar-refractivity contribution is 0.0902. The number of likely N-dealkylation sites (tertiary alicyclic amines) is 1. The van der Waals surface area contributed by atoms with Crippen LogP contribution in [0, 0.1) is 0 Å². The molecule has 2 aliphatic heterocycles. The van der Waals surface area contributed by atoms with Crippen molar-refractivity contribution in [2.75, 3.05) is 26.3 Å². The number of pyridine rings is 1. The molecule has 0 amide bonds. The van der Waals surface area contributed by atoms with Crippen LogP contribution in [0.2, 0.25) is 0 Å². The fourth-order valence-electron chi connectivity index (χ4n) is 4.86. The van der Waals surface area contributed by atoms with Crippen LogP contribution < -0.4 is 10.3 Å². The first-order valence-corrected chi connectivity index (χ1v) is 11.6. The highest BCUT2D eigenvalue weighted by Crippen LogP contribution is 2.30. The Morgan fingerprint density at radius 2 is 2.09 bits per heavy atom. The Morgan fingerprint density at radius 3 is 2.88 bits per heavy atom. The number of tetrazole rings is 1. The van der Waals surface area contributed by atoms with Gasteiger partial charge in [0.25, 0.3) is 5.56 Å². The smallest absolute Gasteiger partial charge is 0.253 e. The minimum absolute atomic E-state index is 0.108. The average molecular weight is 439 g/mol. The Hall–Kier alpha value is -2.78. The predicted molar refractivity (Wildman–Crippen MR) is 120 cm³/mol. The topological polar surface area (TPSA) is 98.2 Å². The van der Waals surface area contributed by atoms with E-state index in [0.29, 0.717) is 24.5 Å². The van der Waals surface area contributed by atoms with Gasteiger partial charge in [-0.15, -0.1) is 5.10 Å². The van der Waals surface area contributed by atoms with Gasteiger partial charge in [-0.25, -0.2) is 4.68 Å². The zero-order chi connectivity index (χ0) is 21.9. The van der Waals surface area contributed by atoms with Crippen LogP contribution in [0.5, 0.6) is 5.75 Å². The molecule has 0 saturated carbocycles. The van der Waals surface area contributed by atoms with Crippen LogP contribution in [-0.4, -0.2) is 62.5 Å². The van der Waals surface area contributed by atoms with Crippen LogP contribution in [0.15, 0.2) is 29.1 Å². The maximum absolute atomic E-state index is 13.3. The maximum Gasteiger partial charge on any atom is 0.253 e. The number of H-pyrrole nitrogens is 1. The molecule has 32 heavy (non-hydrogen) atoms. The highest BCUT2D eigenvalue weighted by Gasteiger charge is 2.32. The molecule has 1 N–H and O–H groups in total. The molecule has 2 atom stereocenters. The molecule has 5 rings (SSSR count). The molecule has 4 heterocycles. The van der Waals surface area contributed by atoms with Crippen LogP contribution in [0.25, 0.3) is 10.9 Å². The highest BCUT2D eigenvalue weighted by molar-refractivity contribution is 5.80. The van der Waals surface area contributed by atoms with E-state index in [0.717, 1.165) is 62.0 Å². The number of piperidine rings is 1. The Labute approximate surface area is 186 Å². The third kappa shape index (κ3) is 4.27. The molecule has 9 heteroatoms. The molecule has 0 spiro atoms. The number of benzene rings is 1. The van der Waals surface area contributed by atoms with E-state index in [9.17, 15) is 4.79 Å². The number of rotatable bonds is 7. The first-order chi connectivity index (χ1) is 15.7. The number of fused-ring (bicyclic) bond motifs is 1. The van der Waals surface area contributed by atoms with Gasteiger partial charge in [0.15, 0.2) is 5.82 Å². The van der Waals surface area contributed by atoms with Crippen molar-refractivity contribution in [1.29, 1.82) is 0 Å². The summed E-state index contributed by atoms with van der Waals surface area (Å²) in [7, 11) is 0. The van der Waals surface area contributed by atoms with E-state index in [1.807, 2.05) is 35.9 Å². The molecular weight excluding hydrogens is 408 g/mol. The lowest BCUT2D eigenvalue weighted by atomic mass is 10.0. The Balaban J connectivity index is 1.58. The first-order valence-electron chi connectivity index (χ1n) is 11.6.